The molecule has 0 fully saturated rings. The molecule has 7 nitrogen and oxygen atoms in total. The van der Waals surface area contributed by atoms with Crippen molar-refractivity contribution >= 4 is 29.5 Å². The van der Waals surface area contributed by atoms with Gasteiger partial charge in [-0.1, -0.05) is 30.0 Å². The number of nitrogens with one attached hydrogen (secondary N) is 1. The van der Waals surface area contributed by atoms with Gasteiger partial charge >= 0.3 is 5.69 Å². The summed E-state index contributed by atoms with van der Waals surface area (Å²) in [6, 6.07) is 16.3. The predicted octanol–water partition coefficient (Wildman–Crippen LogP) is 4.18. The number of aromatic nitrogens is 1. The number of benzene rings is 1. The van der Waals surface area contributed by atoms with Crippen LogP contribution in [0.5, 0.6) is 0 Å². The first-order valence-corrected chi connectivity index (χ1v) is 7.75. The molecule has 8 heteroatoms. The molecule has 0 saturated carbocycles. The van der Waals surface area contributed by atoms with Crippen molar-refractivity contribution < 1.29 is 9.34 Å². The fraction of sp³-hybridized carbons (Fsp3) is 0. The van der Waals surface area contributed by atoms with Crippen LogP contribution in [0.3, 0.4) is 0 Å². The maximum Gasteiger partial charge on any atom is 0.313 e. The molecule has 0 aliphatic rings. The molecule has 3 rings (SSSR count). The minimum absolute atomic E-state index is 0.0733. The zero-order valence-electron chi connectivity index (χ0n) is 12.3. The Morgan fingerprint density at radius 3 is 2.79 bits per heavy atom. The third kappa shape index (κ3) is 3.99. The van der Waals surface area contributed by atoms with E-state index in [1.54, 1.807) is 6.07 Å². The molecule has 0 radical (unpaired) electrons. The largest absolute Gasteiger partial charge is 0.448 e. The molecule has 0 amide bonds. The lowest BCUT2D eigenvalue weighted by atomic mass is 10.4. The van der Waals surface area contributed by atoms with Crippen molar-refractivity contribution in [2.45, 2.75) is 9.99 Å². The smallest absolute Gasteiger partial charge is 0.313 e. The third-order valence-electron chi connectivity index (χ3n) is 2.91. The fourth-order valence-electron chi connectivity index (χ4n) is 1.85. The van der Waals surface area contributed by atoms with E-state index in [1.165, 1.54) is 36.3 Å². The van der Waals surface area contributed by atoms with E-state index >= 15 is 0 Å². The molecular weight excluding hydrogens is 328 g/mol. The molecule has 2 heterocycles. The summed E-state index contributed by atoms with van der Waals surface area (Å²) in [5.74, 6) is 0.601. The number of nitro groups is 1. The van der Waals surface area contributed by atoms with Gasteiger partial charge in [0.15, 0.2) is 5.09 Å². The molecule has 0 aliphatic heterocycles. The van der Waals surface area contributed by atoms with Gasteiger partial charge in [0.25, 0.3) is 0 Å². The van der Waals surface area contributed by atoms with Gasteiger partial charge in [-0.05, 0) is 30.3 Å². The summed E-state index contributed by atoms with van der Waals surface area (Å²) >= 11 is 1.49. The summed E-state index contributed by atoms with van der Waals surface area (Å²) < 4.78 is 5.62. The molecule has 24 heavy (non-hydrogen) atoms. The Balaban J connectivity index is 1.65. The first-order valence-electron chi connectivity index (χ1n) is 6.93. The lowest BCUT2D eigenvalue weighted by Crippen LogP contribution is -1.98. The predicted molar refractivity (Wildman–Crippen MR) is 91.4 cm³/mol. The minimum Gasteiger partial charge on any atom is -0.448 e. The summed E-state index contributed by atoms with van der Waals surface area (Å²) in [6.07, 6.45) is 2.89. The summed E-state index contributed by atoms with van der Waals surface area (Å²) in [5, 5.41) is 15.5. The van der Waals surface area contributed by atoms with Crippen LogP contribution in [0.25, 0.3) is 0 Å². The quantitative estimate of drug-likeness (QED) is 0.411. The van der Waals surface area contributed by atoms with Gasteiger partial charge in [0.1, 0.15) is 5.76 Å². The number of nitrogens with zero attached hydrogens (tertiary/aromatic N) is 3. The van der Waals surface area contributed by atoms with Crippen molar-refractivity contribution in [1.29, 1.82) is 0 Å². The Morgan fingerprint density at radius 2 is 2.00 bits per heavy atom. The molecule has 0 bridgehead atoms. The second-order valence-electron chi connectivity index (χ2n) is 4.57. The Labute approximate surface area is 141 Å². The third-order valence-corrected chi connectivity index (χ3v) is 3.84. The van der Waals surface area contributed by atoms with E-state index in [-0.39, 0.29) is 11.5 Å². The monoisotopic (exact) mass is 340 g/mol. The van der Waals surface area contributed by atoms with Crippen molar-refractivity contribution in [3.63, 3.8) is 0 Å². The first kappa shape index (κ1) is 15.8. The van der Waals surface area contributed by atoms with Crippen LogP contribution in [0.1, 0.15) is 5.76 Å². The highest BCUT2D eigenvalue weighted by molar-refractivity contribution is 7.99. The highest BCUT2D eigenvalue weighted by Gasteiger charge is 2.12. The number of hydrogen-bond acceptors (Lipinski definition) is 7. The highest BCUT2D eigenvalue weighted by atomic mass is 32.2. The summed E-state index contributed by atoms with van der Waals surface area (Å²) in [7, 11) is 0. The molecule has 0 atom stereocenters. The average molecular weight is 340 g/mol. The topological polar surface area (TPSA) is 93.6 Å². The zero-order valence-corrected chi connectivity index (χ0v) is 13.1. The van der Waals surface area contributed by atoms with Gasteiger partial charge < -0.3 is 4.42 Å². The van der Waals surface area contributed by atoms with Gasteiger partial charge in [0.2, 0.25) is 5.82 Å². The Kier molecular flexibility index (Phi) is 4.87. The van der Waals surface area contributed by atoms with Crippen LogP contribution in [0.4, 0.5) is 11.5 Å². The summed E-state index contributed by atoms with van der Waals surface area (Å²) in [5.41, 5.74) is 2.41. The van der Waals surface area contributed by atoms with Gasteiger partial charge in [-0.3, -0.25) is 15.5 Å². The normalized spacial score (nSPS) is 10.8. The number of pyridine rings is 1. The molecular formula is C16H12N4O3S. The number of rotatable bonds is 6. The number of anilines is 1. The number of furan rings is 1. The lowest BCUT2D eigenvalue weighted by molar-refractivity contribution is -0.384. The molecule has 120 valence electrons. The molecule has 1 N–H and O–H groups in total. The van der Waals surface area contributed by atoms with E-state index in [4.69, 9.17) is 4.42 Å². The van der Waals surface area contributed by atoms with Crippen molar-refractivity contribution in [3.8, 4) is 0 Å². The molecule has 2 aromatic heterocycles. The van der Waals surface area contributed by atoms with Crippen LogP contribution >= 0.6 is 11.8 Å². The molecule has 0 unspecified atom stereocenters. The SMILES string of the molecule is O=[N+]([O-])c1cccnc1N/N=C\c1ccc(Sc2ccccc2)o1. The van der Waals surface area contributed by atoms with Crippen LogP contribution in [-0.4, -0.2) is 16.1 Å². The van der Waals surface area contributed by atoms with Gasteiger partial charge in [-0.25, -0.2) is 4.98 Å². The Morgan fingerprint density at radius 1 is 1.17 bits per heavy atom. The molecule has 0 saturated heterocycles. The molecule has 0 aliphatic carbocycles. The average Bonchev–Trinajstić information content (AvgIpc) is 3.03. The van der Waals surface area contributed by atoms with Crippen LogP contribution in [0, 0.1) is 10.1 Å². The van der Waals surface area contributed by atoms with Crippen LogP contribution in [-0.2, 0) is 0 Å². The Bertz CT molecular complexity index is 865. The van der Waals surface area contributed by atoms with Crippen molar-refractivity contribution in [2.75, 3.05) is 5.43 Å². The van der Waals surface area contributed by atoms with Crippen molar-refractivity contribution in [2.24, 2.45) is 5.10 Å². The van der Waals surface area contributed by atoms with Crippen LogP contribution < -0.4 is 5.43 Å². The minimum atomic E-state index is -0.521. The van der Waals surface area contributed by atoms with E-state index in [2.05, 4.69) is 15.5 Å². The fourth-order valence-corrected chi connectivity index (χ4v) is 2.65. The van der Waals surface area contributed by atoms with Crippen LogP contribution in [0.15, 0.2) is 80.3 Å². The van der Waals surface area contributed by atoms with Gasteiger partial charge in [0.05, 0.1) is 11.1 Å². The van der Waals surface area contributed by atoms with E-state index in [0.29, 0.717) is 5.76 Å². The van der Waals surface area contributed by atoms with Gasteiger partial charge in [0, 0.05) is 17.2 Å². The second kappa shape index (κ2) is 7.42. The van der Waals surface area contributed by atoms with Crippen molar-refractivity contribution in [1.82, 2.24) is 4.98 Å². The Hall–Kier alpha value is -3.13. The lowest BCUT2D eigenvalue weighted by Gasteiger charge is -1.99. The zero-order chi connectivity index (χ0) is 16.8. The maximum absolute atomic E-state index is 10.9. The van der Waals surface area contributed by atoms with Crippen molar-refractivity contribution in [3.05, 3.63) is 76.7 Å². The number of hydrogen-bond donors (Lipinski definition) is 1. The maximum atomic E-state index is 10.9. The molecule has 1 aromatic carbocycles. The van der Waals surface area contributed by atoms with Gasteiger partial charge in [-0.15, -0.1) is 0 Å². The number of hydrazone groups is 1. The second-order valence-corrected chi connectivity index (χ2v) is 5.65. The van der Waals surface area contributed by atoms with E-state index < -0.39 is 4.92 Å². The highest BCUT2D eigenvalue weighted by Crippen LogP contribution is 2.28. The van der Waals surface area contributed by atoms with E-state index in [9.17, 15) is 10.1 Å². The summed E-state index contributed by atoms with van der Waals surface area (Å²) in [4.78, 5) is 15.3. The van der Waals surface area contributed by atoms with Gasteiger partial charge in [-0.2, -0.15) is 5.10 Å². The first-order chi connectivity index (χ1) is 11.7. The molecule has 0 spiro atoms. The molecule has 3 aromatic rings. The van der Waals surface area contributed by atoms with E-state index in [1.807, 2.05) is 36.4 Å². The van der Waals surface area contributed by atoms with E-state index in [0.717, 1.165) is 9.99 Å². The standard InChI is InChI=1S/C16H12N4O3S/c21-20(22)14-7-4-10-17-16(14)19-18-11-12-8-9-15(23-12)24-13-5-2-1-3-6-13/h1-11H,(H,17,19)/b18-11-. The summed E-state index contributed by atoms with van der Waals surface area (Å²) in [6.45, 7) is 0. The van der Waals surface area contributed by atoms with Crippen LogP contribution in [0.2, 0.25) is 0 Å².